The van der Waals surface area contributed by atoms with Gasteiger partial charge in [-0.15, -0.1) is 0 Å². The highest BCUT2D eigenvalue weighted by Crippen LogP contribution is 2.27. The first-order valence-electron chi connectivity index (χ1n) is 10.6. The molecule has 1 saturated heterocycles. The summed E-state index contributed by atoms with van der Waals surface area (Å²) in [5.41, 5.74) is 4.25. The molecule has 6 nitrogen and oxygen atoms in total. The number of nitro groups is 1. The lowest BCUT2D eigenvalue weighted by atomic mass is 9.96. The number of carbonyl (C=O) groups excluding carboxylic acids is 1. The highest BCUT2D eigenvalue weighted by molar-refractivity contribution is 6.04. The summed E-state index contributed by atoms with van der Waals surface area (Å²) in [7, 11) is 0. The lowest BCUT2D eigenvalue weighted by Crippen LogP contribution is -2.29. The summed E-state index contributed by atoms with van der Waals surface area (Å²) in [6.07, 6.45) is 3.68. The molecule has 0 atom stereocenters. The Labute approximate surface area is 181 Å². The molecule has 6 heteroatoms. The molecule has 1 fully saturated rings. The molecule has 0 spiro atoms. The molecule has 158 valence electrons. The second-order valence-electron chi connectivity index (χ2n) is 7.84. The quantitative estimate of drug-likeness (QED) is 0.426. The van der Waals surface area contributed by atoms with Gasteiger partial charge in [0.15, 0.2) is 0 Å². The number of benzene rings is 3. The van der Waals surface area contributed by atoms with Crippen LogP contribution in [0.4, 0.5) is 11.4 Å². The predicted octanol–water partition coefficient (Wildman–Crippen LogP) is 5.50. The summed E-state index contributed by atoms with van der Waals surface area (Å²) in [6, 6.07) is 21.9. The van der Waals surface area contributed by atoms with Crippen LogP contribution in [0.15, 0.2) is 72.8 Å². The van der Waals surface area contributed by atoms with Crippen molar-refractivity contribution in [1.29, 1.82) is 0 Å². The van der Waals surface area contributed by atoms with E-state index in [1.54, 1.807) is 12.1 Å². The molecule has 4 rings (SSSR count). The van der Waals surface area contributed by atoms with Crippen molar-refractivity contribution >= 4 is 17.3 Å². The number of amides is 1. The van der Waals surface area contributed by atoms with Gasteiger partial charge >= 0.3 is 0 Å². The number of hydrogen-bond acceptors (Lipinski definition) is 4. The van der Waals surface area contributed by atoms with Gasteiger partial charge in [0.2, 0.25) is 0 Å². The van der Waals surface area contributed by atoms with Gasteiger partial charge in [0.05, 0.1) is 4.92 Å². The highest BCUT2D eigenvalue weighted by atomic mass is 16.6. The van der Waals surface area contributed by atoms with E-state index in [4.69, 9.17) is 0 Å². The fourth-order valence-corrected chi connectivity index (χ4v) is 4.02. The molecule has 3 aromatic rings. The van der Waals surface area contributed by atoms with Crippen molar-refractivity contribution in [1.82, 2.24) is 4.90 Å². The van der Waals surface area contributed by atoms with Gasteiger partial charge in [-0.05, 0) is 60.8 Å². The van der Waals surface area contributed by atoms with E-state index in [9.17, 15) is 14.9 Å². The molecule has 0 aromatic heterocycles. The molecule has 1 heterocycles. The van der Waals surface area contributed by atoms with Gasteiger partial charge in [0.25, 0.3) is 11.6 Å². The summed E-state index contributed by atoms with van der Waals surface area (Å²) >= 11 is 0. The van der Waals surface area contributed by atoms with E-state index in [2.05, 4.69) is 22.3 Å². The SMILES string of the molecule is O=C(Nc1cccc([N+](=O)[O-])c1)c1ccc(-c2ccccc2)c(CN2CCCCC2)c1. The maximum absolute atomic E-state index is 12.9. The topological polar surface area (TPSA) is 75.5 Å². The van der Waals surface area contributed by atoms with Crippen LogP contribution in [0.3, 0.4) is 0 Å². The Kier molecular flexibility index (Phi) is 6.38. The Morgan fingerprint density at radius 3 is 2.45 bits per heavy atom. The van der Waals surface area contributed by atoms with E-state index in [0.29, 0.717) is 11.3 Å². The zero-order valence-electron chi connectivity index (χ0n) is 17.3. The minimum atomic E-state index is -0.471. The van der Waals surface area contributed by atoms with Gasteiger partial charge in [0.1, 0.15) is 0 Å². The van der Waals surface area contributed by atoms with Crippen LogP contribution in [0.1, 0.15) is 35.2 Å². The van der Waals surface area contributed by atoms with Crippen molar-refractivity contribution in [2.75, 3.05) is 18.4 Å². The highest BCUT2D eigenvalue weighted by Gasteiger charge is 2.16. The van der Waals surface area contributed by atoms with Crippen molar-refractivity contribution in [2.45, 2.75) is 25.8 Å². The Morgan fingerprint density at radius 1 is 0.935 bits per heavy atom. The van der Waals surface area contributed by atoms with Crippen LogP contribution in [0.5, 0.6) is 0 Å². The van der Waals surface area contributed by atoms with Gasteiger partial charge in [-0.1, -0.05) is 48.9 Å². The number of nitrogens with one attached hydrogen (secondary N) is 1. The van der Waals surface area contributed by atoms with Gasteiger partial charge < -0.3 is 5.32 Å². The Balaban J connectivity index is 1.61. The molecule has 1 N–H and O–H groups in total. The fourth-order valence-electron chi connectivity index (χ4n) is 4.02. The number of hydrogen-bond donors (Lipinski definition) is 1. The van der Waals surface area contributed by atoms with Crippen molar-refractivity contribution in [3.05, 3.63) is 94.0 Å². The van der Waals surface area contributed by atoms with Gasteiger partial charge in [-0.2, -0.15) is 0 Å². The smallest absolute Gasteiger partial charge is 0.271 e. The maximum atomic E-state index is 12.9. The molecular weight excluding hydrogens is 390 g/mol. The van der Waals surface area contributed by atoms with Crippen LogP contribution < -0.4 is 5.32 Å². The van der Waals surface area contributed by atoms with Gasteiger partial charge in [-0.25, -0.2) is 0 Å². The molecular formula is C25H25N3O3. The minimum absolute atomic E-state index is 0.0528. The summed E-state index contributed by atoms with van der Waals surface area (Å²) in [6.45, 7) is 2.93. The summed E-state index contributed by atoms with van der Waals surface area (Å²) in [4.78, 5) is 25.9. The van der Waals surface area contributed by atoms with E-state index in [1.165, 1.54) is 31.4 Å². The van der Waals surface area contributed by atoms with E-state index < -0.39 is 4.92 Å². The number of carbonyl (C=O) groups is 1. The van der Waals surface area contributed by atoms with Crippen molar-refractivity contribution in [2.24, 2.45) is 0 Å². The normalized spacial score (nSPS) is 14.2. The predicted molar refractivity (Wildman–Crippen MR) is 122 cm³/mol. The molecule has 31 heavy (non-hydrogen) atoms. The third kappa shape index (κ3) is 5.16. The molecule has 3 aromatic carbocycles. The average molecular weight is 415 g/mol. The second-order valence-corrected chi connectivity index (χ2v) is 7.84. The molecule has 0 aliphatic carbocycles. The zero-order chi connectivity index (χ0) is 21.6. The fraction of sp³-hybridized carbons (Fsp3) is 0.240. The molecule has 0 unspecified atom stereocenters. The zero-order valence-corrected chi connectivity index (χ0v) is 17.3. The van der Waals surface area contributed by atoms with Crippen LogP contribution in [0.2, 0.25) is 0 Å². The van der Waals surface area contributed by atoms with E-state index >= 15 is 0 Å². The van der Waals surface area contributed by atoms with Crippen molar-refractivity contribution in [3.63, 3.8) is 0 Å². The van der Waals surface area contributed by atoms with Crippen molar-refractivity contribution in [3.8, 4) is 11.1 Å². The van der Waals surface area contributed by atoms with Gasteiger partial charge in [-0.3, -0.25) is 19.8 Å². The van der Waals surface area contributed by atoms with E-state index in [0.717, 1.165) is 36.3 Å². The molecule has 0 radical (unpaired) electrons. The summed E-state index contributed by atoms with van der Waals surface area (Å²) < 4.78 is 0. The molecule has 1 aliphatic rings. The standard InChI is InChI=1S/C25H25N3O3/c29-25(26-22-10-7-11-23(17-22)28(30)31)20-12-13-24(19-8-3-1-4-9-19)21(16-20)18-27-14-5-2-6-15-27/h1,3-4,7-13,16-17H,2,5-6,14-15,18H2,(H,26,29). The molecule has 1 aliphatic heterocycles. The first-order chi connectivity index (χ1) is 15.1. The van der Waals surface area contributed by atoms with Crippen LogP contribution in [-0.4, -0.2) is 28.8 Å². The molecule has 0 saturated carbocycles. The third-order valence-corrected chi connectivity index (χ3v) is 5.61. The monoisotopic (exact) mass is 415 g/mol. The second kappa shape index (κ2) is 9.53. The number of nitrogens with zero attached hydrogens (tertiary/aromatic N) is 2. The lowest BCUT2D eigenvalue weighted by molar-refractivity contribution is -0.384. The Hall–Kier alpha value is -3.51. The molecule has 0 bridgehead atoms. The van der Waals surface area contributed by atoms with Crippen LogP contribution in [-0.2, 0) is 6.54 Å². The molecule has 1 amide bonds. The average Bonchev–Trinajstić information content (AvgIpc) is 2.80. The summed E-state index contributed by atoms with van der Waals surface area (Å²) in [5.74, 6) is -0.278. The number of nitro benzene ring substituents is 1. The van der Waals surface area contributed by atoms with Crippen LogP contribution >= 0.6 is 0 Å². The number of non-ortho nitro benzene ring substituents is 1. The minimum Gasteiger partial charge on any atom is -0.322 e. The summed E-state index contributed by atoms with van der Waals surface area (Å²) in [5, 5.41) is 13.8. The maximum Gasteiger partial charge on any atom is 0.271 e. The van der Waals surface area contributed by atoms with Crippen LogP contribution in [0.25, 0.3) is 11.1 Å². The van der Waals surface area contributed by atoms with E-state index in [-0.39, 0.29) is 11.6 Å². The van der Waals surface area contributed by atoms with Gasteiger partial charge in [0, 0.05) is 29.9 Å². The Morgan fingerprint density at radius 2 is 1.71 bits per heavy atom. The first kappa shape index (κ1) is 20.8. The largest absolute Gasteiger partial charge is 0.322 e. The van der Waals surface area contributed by atoms with Crippen LogP contribution in [0, 0.1) is 10.1 Å². The third-order valence-electron chi connectivity index (χ3n) is 5.61. The number of piperidine rings is 1. The van der Waals surface area contributed by atoms with Crippen molar-refractivity contribution < 1.29 is 9.72 Å². The lowest BCUT2D eigenvalue weighted by Gasteiger charge is -2.27. The van der Waals surface area contributed by atoms with E-state index in [1.807, 2.05) is 36.4 Å². The number of likely N-dealkylation sites (tertiary alicyclic amines) is 1. The first-order valence-corrected chi connectivity index (χ1v) is 10.6. The Bertz CT molecular complexity index is 1080. The number of anilines is 1. The number of rotatable bonds is 6.